The lowest BCUT2D eigenvalue weighted by Crippen LogP contribution is -2.68. The van der Waals surface area contributed by atoms with Gasteiger partial charge in [0.05, 0.1) is 13.0 Å². The van der Waals surface area contributed by atoms with Gasteiger partial charge in [-0.25, -0.2) is 0 Å². The lowest BCUT2D eigenvalue weighted by molar-refractivity contribution is -0.135. The van der Waals surface area contributed by atoms with Gasteiger partial charge < -0.3 is 10.0 Å². The molecule has 3 heterocycles. The number of carbonyl (C=O) groups is 1. The maximum atomic E-state index is 13.1. The highest BCUT2D eigenvalue weighted by molar-refractivity contribution is 5.78. The van der Waals surface area contributed by atoms with E-state index in [2.05, 4.69) is 59.8 Å². The number of hydrogen-bond acceptors (Lipinski definition) is 4. The average molecular weight is 446 g/mol. The minimum absolute atomic E-state index is 0.110. The normalized spacial score (nSPS) is 23.0. The molecule has 0 unspecified atom stereocenters. The van der Waals surface area contributed by atoms with Crippen LogP contribution in [0, 0.1) is 17.8 Å². The summed E-state index contributed by atoms with van der Waals surface area (Å²) in [6.07, 6.45) is 5.01. The van der Waals surface area contributed by atoms with Crippen LogP contribution < -0.4 is 0 Å². The number of aliphatic hydroxyl groups is 1. The SMILES string of the molecule is CC(C)CC#Cc1ccc([C@@H]2[C@@H](CO)N3CCCCN(C(=O)Cc4ccccn4)C[C@H]23)cc1. The standard InChI is InChI=1S/C28H35N3O2/c1-21(2)8-7-9-22-11-13-23(14-12-22)28-25-19-30(16-5-6-17-31(25)26(28)20-32)27(33)18-24-10-3-4-15-29-24/h3-4,10-15,21,25-26,28,32H,5-6,8,16-20H2,1-2H3/t25-,26-,28+/m1/s1. The lowest BCUT2D eigenvalue weighted by Gasteiger charge is -2.57. The zero-order chi connectivity index (χ0) is 23.2. The third-order valence-corrected chi connectivity index (χ3v) is 6.82. The van der Waals surface area contributed by atoms with Gasteiger partial charge in [0.15, 0.2) is 0 Å². The second-order valence-corrected chi connectivity index (χ2v) is 9.65. The Morgan fingerprint density at radius 1 is 1.15 bits per heavy atom. The first-order valence-corrected chi connectivity index (χ1v) is 12.2. The predicted molar refractivity (Wildman–Crippen MR) is 131 cm³/mol. The molecule has 1 aromatic carbocycles. The van der Waals surface area contributed by atoms with Crippen LogP contribution in [0.4, 0.5) is 0 Å². The molecule has 2 fully saturated rings. The van der Waals surface area contributed by atoms with Gasteiger partial charge in [-0.1, -0.05) is 43.9 Å². The van der Waals surface area contributed by atoms with Crippen molar-refractivity contribution >= 4 is 5.91 Å². The summed E-state index contributed by atoms with van der Waals surface area (Å²) in [6, 6.07) is 14.5. The Morgan fingerprint density at radius 3 is 2.64 bits per heavy atom. The summed E-state index contributed by atoms with van der Waals surface area (Å²) in [4.78, 5) is 21.8. The Labute approximate surface area is 197 Å². The highest BCUT2D eigenvalue weighted by Gasteiger charge is 2.49. The van der Waals surface area contributed by atoms with Gasteiger partial charge in [0.25, 0.3) is 0 Å². The van der Waals surface area contributed by atoms with Crippen molar-refractivity contribution in [2.75, 3.05) is 26.2 Å². The van der Waals surface area contributed by atoms with Crippen molar-refractivity contribution in [2.45, 2.75) is 57.5 Å². The highest BCUT2D eigenvalue weighted by atomic mass is 16.3. The molecule has 0 bridgehead atoms. The zero-order valence-corrected chi connectivity index (χ0v) is 19.8. The molecule has 3 atom stereocenters. The maximum absolute atomic E-state index is 13.1. The zero-order valence-electron chi connectivity index (χ0n) is 19.8. The first kappa shape index (κ1) is 23.5. The molecular weight excluding hydrogens is 410 g/mol. The molecule has 0 saturated carbocycles. The van der Waals surface area contributed by atoms with Crippen molar-refractivity contribution < 1.29 is 9.90 Å². The summed E-state index contributed by atoms with van der Waals surface area (Å²) in [7, 11) is 0. The summed E-state index contributed by atoms with van der Waals surface area (Å²) in [5.41, 5.74) is 3.07. The first-order chi connectivity index (χ1) is 16.1. The molecule has 174 valence electrons. The molecule has 33 heavy (non-hydrogen) atoms. The van der Waals surface area contributed by atoms with Crippen molar-refractivity contribution in [1.29, 1.82) is 0 Å². The Balaban J connectivity index is 1.49. The van der Waals surface area contributed by atoms with Crippen molar-refractivity contribution in [2.24, 2.45) is 5.92 Å². The number of carbonyl (C=O) groups excluding carboxylic acids is 1. The number of fused-ring (bicyclic) bond motifs is 1. The third-order valence-electron chi connectivity index (χ3n) is 6.82. The van der Waals surface area contributed by atoms with Gasteiger partial charge in [-0.15, -0.1) is 0 Å². The number of benzene rings is 1. The molecule has 0 aliphatic carbocycles. The van der Waals surface area contributed by atoms with Crippen LogP contribution in [0.25, 0.3) is 0 Å². The quantitative estimate of drug-likeness (QED) is 0.716. The summed E-state index contributed by atoms with van der Waals surface area (Å²) in [5.74, 6) is 7.43. The number of aliphatic hydroxyl groups excluding tert-OH is 1. The number of nitrogens with zero attached hydrogens (tertiary/aromatic N) is 3. The molecule has 2 saturated heterocycles. The molecule has 5 heteroatoms. The monoisotopic (exact) mass is 445 g/mol. The molecule has 0 radical (unpaired) electrons. The molecule has 1 aromatic heterocycles. The van der Waals surface area contributed by atoms with E-state index in [0.29, 0.717) is 18.9 Å². The second kappa shape index (κ2) is 11.0. The Bertz CT molecular complexity index is 978. The van der Waals surface area contributed by atoms with Crippen molar-refractivity contribution in [3.05, 3.63) is 65.5 Å². The molecule has 2 aliphatic rings. The predicted octanol–water partition coefficient (Wildman–Crippen LogP) is 3.47. The second-order valence-electron chi connectivity index (χ2n) is 9.65. The van der Waals surface area contributed by atoms with E-state index in [1.807, 2.05) is 23.1 Å². The molecule has 4 rings (SSSR count). The van der Waals surface area contributed by atoms with Gasteiger partial charge >= 0.3 is 0 Å². The third kappa shape index (κ3) is 5.63. The Hall–Kier alpha value is -2.68. The van der Waals surface area contributed by atoms with Crippen LogP contribution in [-0.2, 0) is 11.2 Å². The van der Waals surface area contributed by atoms with E-state index in [1.165, 1.54) is 5.56 Å². The van der Waals surface area contributed by atoms with E-state index in [9.17, 15) is 9.90 Å². The summed E-state index contributed by atoms with van der Waals surface area (Å²) in [5, 5.41) is 10.2. The molecular formula is C28H35N3O2. The van der Waals surface area contributed by atoms with Crippen molar-refractivity contribution in [3.8, 4) is 11.8 Å². The molecule has 1 N–H and O–H groups in total. The molecule has 2 aromatic rings. The van der Waals surface area contributed by atoms with Gasteiger partial charge in [-0.3, -0.25) is 14.7 Å². The van der Waals surface area contributed by atoms with Crippen LogP contribution >= 0.6 is 0 Å². The number of hydrogen-bond donors (Lipinski definition) is 1. The van der Waals surface area contributed by atoms with Crippen LogP contribution in [0.15, 0.2) is 48.7 Å². The fourth-order valence-electron chi connectivity index (χ4n) is 5.08. The average Bonchev–Trinajstić information content (AvgIpc) is 2.79. The molecule has 1 amide bonds. The Kier molecular flexibility index (Phi) is 7.80. The van der Waals surface area contributed by atoms with Gasteiger partial charge in [0.2, 0.25) is 5.91 Å². The maximum Gasteiger partial charge on any atom is 0.228 e. The highest BCUT2D eigenvalue weighted by Crippen LogP contribution is 2.42. The number of amides is 1. The summed E-state index contributed by atoms with van der Waals surface area (Å²) < 4.78 is 0. The van der Waals surface area contributed by atoms with E-state index in [0.717, 1.165) is 43.6 Å². The Morgan fingerprint density at radius 2 is 1.94 bits per heavy atom. The minimum Gasteiger partial charge on any atom is -0.395 e. The van der Waals surface area contributed by atoms with Crippen molar-refractivity contribution in [3.63, 3.8) is 0 Å². The van der Waals surface area contributed by atoms with Crippen LogP contribution in [0.2, 0.25) is 0 Å². The minimum atomic E-state index is 0.110. The van der Waals surface area contributed by atoms with Gasteiger partial charge in [0.1, 0.15) is 0 Å². The topological polar surface area (TPSA) is 56.7 Å². The van der Waals surface area contributed by atoms with Crippen LogP contribution in [0.3, 0.4) is 0 Å². The number of pyridine rings is 1. The van der Waals surface area contributed by atoms with Crippen molar-refractivity contribution in [1.82, 2.24) is 14.8 Å². The summed E-state index contributed by atoms with van der Waals surface area (Å²) >= 11 is 0. The van der Waals surface area contributed by atoms with E-state index in [1.54, 1.807) is 6.20 Å². The van der Waals surface area contributed by atoms with Gasteiger partial charge in [0, 0.05) is 55.0 Å². The smallest absolute Gasteiger partial charge is 0.228 e. The molecule has 5 nitrogen and oxygen atoms in total. The summed E-state index contributed by atoms with van der Waals surface area (Å²) in [6.45, 7) is 6.95. The van der Waals surface area contributed by atoms with Gasteiger partial charge in [-0.05, 0) is 55.1 Å². The van der Waals surface area contributed by atoms with Gasteiger partial charge in [-0.2, -0.15) is 0 Å². The number of rotatable bonds is 5. The fourth-order valence-corrected chi connectivity index (χ4v) is 5.08. The molecule has 2 aliphatic heterocycles. The fraction of sp³-hybridized carbons (Fsp3) is 0.500. The first-order valence-electron chi connectivity index (χ1n) is 12.2. The van der Waals surface area contributed by atoms with E-state index in [-0.39, 0.29) is 30.5 Å². The van der Waals surface area contributed by atoms with E-state index < -0.39 is 0 Å². The van der Waals surface area contributed by atoms with Crippen LogP contribution in [0.1, 0.15) is 55.8 Å². The molecule has 0 spiro atoms. The van der Waals surface area contributed by atoms with E-state index in [4.69, 9.17) is 0 Å². The van der Waals surface area contributed by atoms with Crippen LogP contribution in [0.5, 0.6) is 0 Å². The number of aromatic nitrogens is 1. The van der Waals surface area contributed by atoms with Crippen LogP contribution in [-0.4, -0.2) is 64.1 Å². The largest absolute Gasteiger partial charge is 0.395 e. The lowest BCUT2D eigenvalue weighted by atomic mass is 9.74. The van der Waals surface area contributed by atoms with E-state index >= 15 is 0 Å².